The number of anilines is 1. The minimum Gasteiger partial charge on any atom is -0.391 e. The summed E-state index contributed by atoms with van der Waals surface area (Å²) in [7, 11) is 0. The van der Waals surface area contributed by atoms with E-state index in [1.807, 2.05) is 0 Å². The Hall–Kier alpha value is -1.23. The van der Waals surface area contributed by atoms with E-state index in [-0.39, 0.29) is 11.7 Å². The first-order valence-corrected chi connectivity index (χ1v) is 5.67. The van der Waals surface area contributed by atoms with E-state index in [2.05, 4.69) is 5.32 Å². The second-order valence-electron chi connectivity index (χ2n) is 4.35. The maximum atomic E-state index is 13.4. The van der Waals surface area contributed by atoms with Gasteiger partial charge in [0.2, 0.25) is 0 Å². The molecule has 94 valence electrons. The molecule has 1 aromatic carbocycles. The highest BCUT2D eigenvalue weighted by Crippen LogP contribution is 2.25. The molecule has 0 radical (unpaired) electrons. The highest BCUT2D eigenvalue weighted by atomic mass is 19.2. The molecule has 1 aromatic rings. The summed E-state index contributed by atoms with van der Waals surface area (Å²) in [4.78, 5) is 0. The number of benzene rings is 1. The maximum absolute atomic E-state index is 13.4. The monoisotopic (exact) mass is 245 g/mol. The highest BCUT2D eigenvalue weighted by Gasteiger charge is 2.24. The fraction of sp³-hybridized carbons (Fsp3) is 0.500. The van der Waals surface area contributed by atoms with Crippen LogP contribution in [0.2, 0.25) is 0 Å². The summed E-state index contributed by atoms with van der Waals surface area (Å²) in [6.45, 7) is 0. The van der Waals surface area contributed by atoms with Gasteiger partial charge in [0.1, 0.15) is 5.82 Å². The fourth-order valence-corrected chi connectivity index (χ4v) is 2.11. The Kier molecular flexibility index (Phi) is 3.57. The highest BCUT2D eigenvalue weighted by molar-refractivity contribution is 5.46. The van der Waals surface area contributed by atoms with Crippen LogP contribution in [0.4, 0.5) is 18.9 Å². The van der Waals surface area contributed by atoms with E-state index in [1.54, 1.807) is 0 Å². The Morgan fingerprint density at radius 2 is 1.65 bits per heavy atom. The number of aliphatic hydroxyl groups is 1. The van der Waals surface area contributed by atoms with Crippen molar-refractivity contribution in [3.05, 3.63) is 29.6 Å². The molecule has 0 saturated heterocycles. The van der Waals surface area contributed by atoms with Gasteiger partial charge in [0, 0.05) is 12.1 Å². The van der Waals surface area contributed by atoms with E-state index in [0.29, 0.717) is 18.9 Å². The van der Waals surface area contributed by atoms with Gasteiger partial charge in [0.25, 0.3) is 0 Å². The molecule has 0 unspecified atom stereocenters. The van der Waals surface area contributed by atoms with Crippen LogP contribution in [-0.4, -0.2) is 17.3 Å². The third-order valence-corrected chi connectivity index (χ3v) is 3.08. The first-order valence-electron chi connectivity index (χ1n) is 5.67. The molecule has 0 amide bonds. The largest absolute Gasteiger partial charge is 0.391 e. The molecule has 0 aliphatic heterocycles. The smallest absolute Gasteiger partial charge is 0.161 e. The fourth-order valence-electron chi connectivity index (χ4n) is 2.11. The van der Waals surface area contributed by atoms with E-state index in [9.17, 15) is 18.3 Å². The van der Waals surface area contributed by atoms with Crippen LogP contribution in [0.5, 0.6) is 0 Å². The van der Waals surface area contributed by atoms with Crippen molar-refractivity contribution in [1.29, 1.82) is 0 Å². The van der Waals surface area contributed by atoms with Crippen molar-refractivity contribution in [2.75, 3.05) is 5.32 Å². The van der Waals surface area contributed by atoms with Gasteiger partial charge in [0.05, 0.1) is 17.8 Å². The van der Waals surface area contributed by atoms with Crippen molar-refractivity contribution in [2.45, 2.75) is 37.8 Å². The average Bonchev–Trinajstić information content (AvgIpc) is 2.29. The summed E-state index contributed by atoms with van der Waals surface area (Å²) < 4.78 is 39.1. The van der Waals surface area contributed by atoms with Gasteiger partial charge >= 0.3 is 0 Å². The van der Waals surface area contributed by atoms with Gasteiger partial charge in [-0.15, -0.1) is 0 Å². The van der Waals surface area contributed by atoms with Crippen LogP contribution in [0.1, 0.15) is 25.7 Å². The Balaban J connectivity index is 2.15. The minimum absolute atomic E-state index is 0.102. The van der Waals surface area contributed by atoms with Crippen molar-refractivity contribution in [1.82, 2.24) is 0 Å². The van der Waals surface area contributed by atoms with Crippen LogP contribution < -0.4 is 5.32 Å². The molecule has 0 aromatic heterocycles. The van der Waals surface area contributed by atoms with Gasteiger partial charge in [-0.3, -0.25) is 0 Å². The Bertz CT molecular complexity index is 411. The van der Waals surface area contributed by atoms with Crippen molar-refractivity contribution in [2.24, 2.45) is 0 Å². The zero-order valence-corrected chi connectivity index (χ0v) is 9.22. The van der Waals surface area contributed by atoms with Gasteiger partial charge in [-0.2, -0.15) is 0 Å². The Morgan fingerprint density at radius 3 is 2.35 bits per heavy atom. The van der Waals surface area contributed by atoms with Gasteiger partial charge in [-0.1, -0.05) is 12.8 Å². The van der Waals surface area contributed by atoms with Crippen LogP contribution in [-0.2, 0) is 0 Å². The molecule has 1 fully saturated rings. The summed E-state index contributed by atoms with van der Waals surface area (Å²) in [5.74, 6) is -3.15. The molecule has 1 saturated carbocycles. The van der Waals surface area contributed by atoms with Gasteiger partial charge in [0.15, 0.2) is 11.6 Å². The van der Waals surface area contributed by atoms with Crippen molar-refractivity contribution >= 4 is 5.69 Å². The van der Waals surface area contributed by atoms with Gasteiger partial charge in [-0.05, 0) is 12.8 Å². The van der Waals surface area contributed by atoms with Crippen LogP contribution in [0, 0.1) is 17.5 Å². The van der Waals surface area contributed by atoms with E-state index < -0.39 is 23.6 Å². The standard InChI is InChI=1S/C12H14F3NO/c13-7-5-9(15)11(6-8(7)14)16-10-3-1-2-4-12(10)17/h5-6,10,12,16-17H,1-4H2/t10-,12-/m1/s1. The van der Waals surface area contributed by atoms with E-state index in [0.717, 1.165) is 18.9 Å². The van der Waals surface area contributed by atoms with E-state index in [4.69, 9.17) is 0 Å². The summed E-state index contributed by atoms with van der Waals surface area (Å²) in [5, 5.41) is 12.4. The minimum atomic E-state index is -1.21. The number of halogens is 3. The third-order valence-electron chi connectivity index (χ3n) is 3.08. The molecule has 2 rings (SSSR count). The second kappa shape index (κ2) is 4.96. The molecule has 5 heteroatoms. The first kappa shape index (κ1) is 12.2. The Labute approximate surface area is 97.5 Å². The zero-order chi connectivity index (χ0) is 12.4. The molecule has 0 spiro atoms. The van der Waals surface area contributed by atoms with Crippen LogP contribution >= 0.6 is 0 Å². The predicted molar refractivity (Wildman–Crippen MR) is 58.2 cm³/mol. The quantitative estimate of drug-likeness (QED) is 0.785. The van der Waals surface area contributed by atoms with Crippen LogP contribution in [0.3, 0.4) is 0 Å². The third kappa shape index (κ3) is 2.72. The summed E-state index contributed by atoms with van der Waals surface area (Å²) >= 11 is 0. The average molecular weight is 245 g/mol. The Morgan fingerprint density at radius 1 is 1.00 bits per heavy atom. The predicted octanol–water partition coefficient (Wildman–Crippen LogP) is 2.82. The lowest BCUT2D eigenvalue weighted by Crippen LogP contribution is -2.36. The van der Waals surface area contributed by atoms with Crippen molar-refractivity contribution in [3.63, 3.8) is 0 Å². The first-order chi connectivity index (χ1) is 8.08. The molecule has 2 nitrogen and oxygen atoms in total. The molecule has 1 aliphatic rings. The molecule has 17 heavy (non-hydrogen) atoms. The molecule has 2 N–H and O–H groups in total. The number of nitrogens with one attached hydrogen (secondary N) is 1. The summed E-state index contributed by atoms with van der Waals surface area (Å²) in [5.41, 5.74) is -0.102. The van der Waals surface area contributed by atoms with E-state index in [1.165, 1.54) is 0 Å². The molecular weight excluding hydrogens is 231 g/mol. The topological polar surface area (TPSA) is 32.3 Å². The summed E-state index contributed by atoms with van der Waals surface area (Å²) in [6, 6.07) is 0.988. The van der Waals surface area contributed by atoms with Crippen LogP contribution in [0.15, 0.2) is 12.1 Å². The van der Waals surface area contributed by atoms with Crippen molar-refractivity contribution < 1.29 is 18.3 Å². The van der Waals surface area contributed by atoms with Crippen LogP contribution in [0.25, 0.3) is 0 Å². The maximum Gasteiger partial charge on any atom is 0.161 e. The molecule has 0 bridgehead atoms. The lowest BCUT2D eigenvalue weighted by Gasteiger charge is -2.29. The van der Waals surface area contributed by atoms with E-state index >= 15 is 0 Å². The van der Waals surface area contributed by atoms with Gasteiger partial charge < -0.3 is 10.4 Å². The second-order valence-corrected chi connectivity index (χ2v) is 4.35. The number of hydrogen-bond acceptors (Lipinski definition) is 2. The normalized spacial score (nSPS) is 24.7. The number of hydrogen-bond donors (Lipinski definition) is 2. The lowest BCUT2D eigenvalue weighted by atomic mass is 9.92. The lowest BCUT2D eigenvalue weighted by molar-refractivity contribution is 0.116. The summed E-state index contributed by atoms with van der Waals surface area (Å²) in [6.07, 6.45) is 2.62. The SMILES string of the molecule is O[C@@H]1CCCC[C@H]1Nc1cc(F)c(F)cc1F. The number of aliphatic hydroxyl groups excluding tert-OH is 1. The number of rotatable bonds is 2. The molecule has 0 heterocycles. The van der Waals surface area contributed by atoms with Gasteiger partial charge in [-0.25, -0.2) is 13.2 Å². The van der Waals surface area contributed by atoms with Crippen molar-refractivity contribution in [3.8, 4) is 0 Å². The molecule has 1 aliphatic carbocycles. The molecular formula is C12H14F3NO. The zero-order valence-electron chi connectivity index (χ0n) is 9.22. The molecule has 2 atom stereocenters.